The van der Waals surface area contributed by atoms with Gasteiger partial charge in [-0.2, -0.15) is 0 Å². The van der Waals surface area contributed by atoms with Gasteiger partial charge in [-0.1, -0.05) is 0 Å². The fourth-order valence-corrected chi connectivity index (χ4v) is 2.16. The monoisotopic (exact) mass is 291 g/mol. The van der Waals surface area contributed by atoms with E-state index >= 15 is 0 Å². The molecule has 7 heteroatoms. The zero-order valence-electron chi connectivity index (χ0n) is 11.9. The number of likely N-dealkylation sites (N-methyl/N-ethyl adjacent to an activating group) is 1. The Kier molecular flexibility index (Phi) is 6.23. The third-order valence-electron chi connectivity index (χ3n) is 2.50. The molecule has 0 aliphatic rings. The van der Waals surface area contributed by atoms with Crippen LogP contribution in [-0.2, 0) is 20.2 Å². The summed E-state index contributed by atoms with van der Waals surface area (Å²) in [5, 5.41) is 0. The summed E-state index contributed by atoms with van der Waals surface area (Å²) in [5.41, 5.74) is 0. The lowest BCUT2D eigenvalue weighted by Crippen LogP contribution is -2.37. The van der Waals surface area contributed by atoms with Crippen LogP contribution in [0.2, 0.25) is 0 Å². The van der Waals surface area contributed by atoms with E-state index in [2.05, 4.69) is 0 Å². The van der Waals surface area contributed by atoms with Gasteiger partial charge in [-0.25, -0.2) is 4.57 Å². The van der Waals surface area contributed by atoms with E-state index in [9.17, 15) is 9.46 Å². The van der Waals surface area contributed by atoms with Crippen molar-refractivity contribution in [1.29, 1.82) is 0 Å². The highest BCUT2D eigenvalue weighted by molar-refractivity contribution is 7.47. The molecular weight excluding hydrogens is 267 g/mol. The number of hydrogen-bond donors (Lipinski definition) is 1. The molecule has 0 aromatic carbocycles. The molecule has 1 rings (SSSR count). The van der Waals surface area contributed by atoms with Crippen LogP contribution in [0.25, 0.3) is 0 Å². The number of phosphoric acid groups is 1. The first-order valence-electron chi connectivity index (χ1n) is 6.32. The Morgan fingerprint density at radius 3 is 2.32 bits per heavy atom. The summed E-state index contributed by atoms with van der Waals surface area (Å²) in [6.07, 6.45) is 4.55. The third kappa shape index (κ3) is 8.18. The normalized spacial score (nSPS) is 15.4. The fraction of sp³-hybridized carbons (Fsp3) is 0.667. The number of hydrogen-bond acceptors (Lipinski definition) is 3. The lowest BCUT2D eigenvalue weighted by atomic mass is 10.4. The Hall–Kier alpha value is -0.650. The molecule has 1 N–H and O–H groups in total. The molecule has 0 saturated heterocycles. The van der Waals surface area contributed by atoms with Crippen LogP contribution in [0.5, 0.6) is 0 Å². The zero-order chi connectivity index (χ0) is 14.4. The molecule has 1 atom stereocenters. The van der Waals surface area contributed by atoms with Crippen molar-refractivity contribution in [3.8, 4) is 0 Å². The van der Waals surface area contributed by atoms with Gasteiger partial charge >= 0.3 is 7.82 Å². The van der Waals surface area contributed by atoms with Crippen LogP contribution in [0.3, 0.4) is 0 Å². The summed E-state index contributed by atoms with van der Waals surface area (Å²) >= 11 is 0. The average molecular weight is 291 g/mol. The highest BCUT2D eigenvalue weighted by Crippen LogP contribution is 2.43. The smallest absolute Gasteiger partial charge is 0.354 e. The molecule has 0 spiro atoms. The summed E-state index contributed by atoms with van der Waals surface area (Å²) < 4.78 is 24.0. The molecule has 0 saturated carbocycles. The predicted octanol–water partition coefficient (Wildman–Crippen LogP) is 1.72. The van der Waals surface area contributed by atoms with Crippen LogP contribution in [0.15, 0.2) is 24.5 Å². The van der Waals surface area contributed by atoms with Gasteiger partial charge in [-0.05, 0) is 18.6 Å². The highest BCUT2D eigenvalue weighted by Gasteiger charge is 2.21. The number of quaternary nitrogens is 1. The Bertz CT molecular complexity index is 400. The van der Waals surface area contributed by atoms with Crippen molar-refractivity contribution in [3.63, 3.8) is 0 Å². The van der Waals surface area contributed by atoms with Crippen molar-refractivity contribution in [3.05, 3.63) is 24.5 Å². The van der Waals surface area contributed by atoms with Crippen molar-refractivity contribution in [2.24, 2.45) is 0 Å². The second kappa shape index (κ2) is 7.22. The van der Waals surface area contributed by atoms with E-state index in [1.807, 2.05) is 50.2 Å². The fourth-order valence-electron chi connectivity index (χ4n) is 1.41. The first kappa shape index (κ1) is 16.4. The van der Waals surface area contributed by atoms with Gasteiger partial charge in [0.15, 0.2) is 0 Å². The molecular formula is C12H24N2O4P+. The molecule has 0 aliphatic heterocycles. The number of aryl methyl sites for hydroxylation is 1. The van der Waals surface area contributed by atoms with Crippen molar-refractivity contribution >= 4 is 7.82 Å². The average Bonchev–Trinajstić information content (AvgIpc) is 2.75. The molecule has 110 valence electrons. The molecule has 19 heavy (non-hydrogen) atoms. The number of nitrogens with zero attached hydrogens (tertiary/aromatic N) is 2. The van der Waals surface area contributed by atoms with Gasteiger partial charge in [0, 0.05) is 18.9 Å². The first-order valence-corrected chi connectivity index (χ1v) is 7.81. The van der Waals surface area contributed by atoms with Crippen LogP contribution >= 0.6 is 7.82 Å². The van der Waals surface area contributed by atoms with E-state index in [4.69, 9.17) is 9.05 Å². The molecule has 0 amide bonds. The Labute approximate surface area is 114 Å². The topological polar surface area (TPSA) is 60.7 Å². The maximum absolute atomic E-state index is 11.6. The van der Waals surface area contributed by atoms with Crippen molar-refractivity contribution in [2.75, 3.05) is 40.9 Å². The Morgan fingerprint density at radius 2 is 1.74 bits per heavy atom. The van der Waals surface area contributed by atoms with Gasteiger partial charge in [0.05, 0.1) is 27.7 Å². The Morgan fingerprint density at radius 1 is 1.16 bits per heavy atom. The van der Waals surface area contributed by atoms with Gasteiger partial charge in [-0.15, -0.1) is 0 Å². The second-order valence-electron chi connectivity index (χ2n) is 5.42. The molecule has 1 aromatic heterocycles. The van der Waals surface area contributed by atoms with Crippen LogP contribution in [0.1, 0.15) is 6.42 Å². The Balaban J connectivity index is 2.14. The van der Waals surface area contributed by atoms with Crippen LogP contribution in [0.4, 0.5) is 0 Å². The van der Waals surface area contributed by atoms with Crippen molar-refractivity contribution < 1.29 is 23.0 Å². The van der Waals surface area contributed by atoms with E-state index in [0.717, 1.165) is 6.54 Å². The molecule has 1 heterocycles. The molecule has 0 aliphatic carbocycles. The molecule has 0 radical (unpaired) electrons. The third-order valence-corrected chi connectivity index (χ3v) is 3.52. The molecule has 0 bridgehead atoms. The van der Waals surface area contributed by atoms with Gasteiger partial charge in [0.1, 0.15) is 13.2 Å². The van der Waals surface area contributed by atoms with Crippen molar-refractivity contribution in [2.45, 2.75) is 13.0 Å². The predicted molar refractivity (Wildman–Crippen MR) is 73.7 cm³/mol. The zero-order valence-corrected chi connectivity index (χ0v) is 12.8. The standard InChI is InChI=1S/C12H23N2O4P/c1-14(2,3)10-12-18-19(15,16)17-11-6-9-13-7-4-5-8-13/h4-5,7-8H,6,9-12H2,1-3H3/p+1. The van der Waals surface area contributed by atoms with Crippen LogP contribution in [-0.4, -0.2) is 54.8 Å². The summed E-state index contributed by atoms with van der Waals surface area (Å²) in [6, 6.07) is 3.87. The minimum atomic E-state index is -3.90. The number of phosphoric ester groups is 1. The largest absolute Gasteiger partial charge is 0.472 e. The summed E-state index contributed by atoms with van der Waals surface area (Å²) in [4.78, 5) is 9.47. The lowest BCUT2D eigenvalue weighted by Gasteiger charge is -2.24. The molecule has 0 fully saturated rings. The summed E-state index contributed by atoms with van der Waals surface area (Å²) in [6.45, 7) is 1.81. The minimum absolute atomic E-state index is 0.203. The second-order valence-corrected chi connectivity index (χ2v) is 6.88. The van der Waals surface area contributed by atoms with E-state index in [1.165, 1.54) is 0 Å². The summed E-state index contributed by atoms with van der Waals surface area (Å²) in [7, 11) is 2.06. The maximum Gasteiger partial charge on any atom is 0.472 e. The number of rotatable bonds is 9. The van der Waals surface area contributed by atoms with E-state index in [1.54, 1.807) is 0 Å². The molecule has 6 nitrogen and oxygen atoms in total. The molecule has 1 aromatic rings. The lowest BCUT2D eigenvalue weighted by molar-refractivity contribution is -0.870. The summed E-state index contributed by atoms with van der Waals surface area (Å²) in [5.74, 6) is 0. The van der Waals surface area contributed by atoms with Gasteiger partial charge < -0.3 is 13.9 Å². The maximum atomic E-state index is 11.6. The highest BCUT2D eigenvalue weighted by atomic mass is 31.2. The van der Waals surface area contributed by atoms with E-state index in [-0.39, 0.29) is 13.2 Å². The first-order chi connectivity index (χ1) is 8.79. The van der Waals surface area contributed by atoms with Gasteiger partial charge in [0.25, 0.3) is 0 Å². The quantitative estimate of drug-likeness (QED) is 0.427. The van der Waals surface area contributed by atoms with Crippen LogP contribution < -0.4 is 0 Å². The SMILES string of the molecule is C[N+](C)(C)CCOP(=O)(O)OCCCn1cccc1. The van der Waals surface area contributed by atoms with Crippen molar-refractivity contribution in [1.82, 2.24) is 4.57 Å². The van der Waals surface area contributed by atoms with Gasteiger partial charge in [0.2, 0.25) is 0 Å². The van der Waals surface area contributed by atoms with Gasteiger partial charge in [-0.3, -0.25) is 9.05 Å². The van der Waals surface area contributed by atoms with E-state index in [0.29, 0.717) is 17.4 Å². The van der Waals surface area contributed by atoms with E-state index < -0.39 is 7.82 Å². The van der Waals surface area contributed by atoms with Crippen LogP contribution in [0, 0.1) is 0 Å². The molecule has 1 unspecified atom stereocenters. The minimum Gasteiger partial charge on any atom is -0.354 e. The number of aromatic nitrogens is 1.